The highest BCUT2D eigenvalue weighted by atomic mass is 35.5. The van der Waals surface area contributed by atoms with Crippen molar-refractivity contribution in [3.63, 3.8) is 0 Å². The molecule has 0 bridgehead atoms. The van der Waals surface area contributed by atoms with E-state index >= 15 is 0 Å². The molecule has 0 saturated carbocycles. The summed E-state index contributed by atoms with van der Waals surface area (Å²) in [5.74, 6) is 0.348. The number of carbonyl (C=O) groups excluding carboxylic acids is 2. The molecule has 0 fully saturated rings. The Balaban J connectivity index is 2.10. The quantitative estimate of drug-likeness (QED) is 0.604. The van der Waals surface area contributed by atoms with Crippen LogP contribution in [0.1, 0.15) is 30.6 Å². The molecule has 5 nitrogen and oxygen atoms in total. The smallest absolute Gasteiger partial charge is 0.254 e. The minimum Gasteiger partial charge on any atom is -0.329 e. The molecule has 0 radical (unpaired) electrons. The molecule has 27 heavy (non-hydrogen) atoms. The Morgan fingerprint density at radius 2 is 1.96 bits per heavy atom. The lowest BCUT2D eigenvalue weighted by Crippen LogP contribution is -2.38. The van der Waals surface area contributed by atoms with Crippen LogP contribution >= 0.6 is 35.0 Å². The van der Waals surface area contributed by atoms with Gasteiger partial charge in [0, 0.05) is 23.3 Å². The van der Waals surface area contributed by atoms with E-state index in [0.717, 1.165) is 17.2 Å². The number of nitrogens with zero attached hydrogens (tertiary/aromatic N) is 2. The molecule has 0 atom stereocenters. The van der Waals surface area contributed by atoms with Crippen LogP contribution in [0.25, 0.3) is 0 Å². The largest absolute Gasteiger partial charge is 0.329 e. The van der Waals surface area contributed by atoms with E-state index < -0.39 is 0 Å². The van der Waals surface area contributed by atoms with Gasteiger partial charge in [0.1, 0.15) is 6.54 Å². The van der Waals surface area contributed by atoms with Crippen molar-refractivity contribution in [3.05, 3.63) is 52.1 Å². The average Bonchev–Trinajstić information content (AvgIpc) is 2.63. The van der Waals surface area contributed by atoms with Gasteiger partial charge in [-0.1, -0.05) is 37.0 Å². The van der Waals surface area contributed by atoms with Gasteiger partial charge in [0.25, 0.3) is 5.91 Å². The third-order valence-corrected chi connectivity index (χ3v) is 4.95. The van der Waals surface area contributed by atoms with Crippen LogP contribution in [-0.2, 0) is 4.79 Å². The van der Waals surface area contributed by atoms with Gasteiger partial charge in [-0.3, -0.25) is 9.59 Å². The molecule has 0 saturated heterocycles. The second kappa shape index (κ2) is 10.5. The molecule has 0 aliphatic heterocycles. The van der Waals surface area contributed by atoms with Gasteiger partial charge in [-0.25, -0.2) is 4.98 Å². The number of halogens is 2. The number of carbonyl (C=O) groups is 2. The van der Waals surface area contributed by atoms with Crippen molar-refractivity contribution < 1.29 is 9.59 Å². The number of amides is 2. The molecule has 0 aliphatic rings. The average molecular weight is 426 g/mol. The van der Waals surface area contributed by atoms with Crippen LogP contribution in [0.4, 0.5) is 5.69 Å². The van der Waals surface area contributed by atoms with Crippen LogP contribution in [0.2, 0.25) is 10.0 Å². The van der Waals surface area contributed by atoms with Gasteiger partial charge in [-0.2, -0.15) is 0 Å². The van der Waals surface area contributed by atoms with Gasteiger partial charge in [-0.05, 0) is 42.5 Å². The van der Waals surface area contributed by atoms with Crippen LogP contribution in [0.15, 0.2) is 41.6 Å². The van der Waals surface area contributed by atoms with Crippen molar-refractivity contribution in [1.82, 2.24) is 9.88 Å². The van der Waals surface area contributed by atoms with Gasteiger partial charge >= 0.3 is 0 Å². The minimum absolute atomic E-state index is 0.0653. The minimum atomic E-state index is -0.321. The lowest BCUT2D eigenvalue weighted by molar-refractivity contribution is -0.116. The van der Waals surface area contributed by atoms with Gasteiger partial charge in [0.15, 0.2) is 0 Å². The summed E-state index contributed by atoms with van der Waals surface area (Å²) in [6.07, 6.45) is 2.35. The Morgan fingerprint density at radius 1 is 1.19 bits per heavy atom. The van der Waals surface area contributed by atoms with Gasteiger partial charge in [0.05, 0.1) is 15.7 Å². The Morgan fingerprint density at radius 3 is 2.63 bits per heavy atom. The number of hydrogen-bond donors (Lipinski definition) is 1. The maximum Gasteiger partial charge on any atom is 0.254 e. The van der Waals surface area contributed by atoms with E-state index in [1.165, 1.54) is 4.90 Å². The summed E-state index contributed by atoms with van der Waals surface area (Å²) in [5.41, 5.74) is 0.979. The summed E-state index contributed by atoms with van der Waals surface area (Å²) in [5, 5.41) is 4.35. The predicted octanol–water partition coefficient (Wildman–Crippen LogP) is 4.99. The van der Waals surface area contributed by atoms with Gasteiger partial charge < -0.3 is 10.2 Å². The van der Waals surface area contributed by atoms with Crippen LogP contribution in [-0.4, -0.2) is 40.5 Å². The standard InChI is InChI=1S/C19H21Cl2N3O2S/c1-3-9-24(19(26)13-7-8-22-18(10-13)27-4-2)12-17(25)23-16-6-5-14(20)11-15(16)21/h5-8,10-11H,3-4,9,12H2,1-2H3,(H,23,25). The predicted molar refractivity (Wildman–Crippen MR) is 112 cm³/mol. The number of rotatable bonds is 8. The van der Waals surface area contributed by atoms with E-state index in [9.17, 15) is 9.59 Å². The highest BCUT2D eigenvalue weighted by Crippen LogP contribution is 2.25. The van der Waals surface area contributed by atoms with Crippen molar-refractivity contribution in [3.8, 4) is 0 Å². The second-order valence-corrected chi connectivity index (χ2v) is 7.84. The van der Waals surface area contributed by atoms with Gasteiger partial charge in [0.2, 0.25) is 5.91 Å². The maximum absolute atomic E-state index is 12.9. The maximum atomic E-state index is 12.9. The van der Waals surface area contributed by atoms with E-state index in [2.05, 4.69) is 10.3 Å². The van der Waals surface area contributed by atoms with Crippen LogP contribution in [0.5, 0.6) is 0 Å². The van der Waals surface area contributed by atoms with Crippen molar-refractivity contribution >= 4 is 52.5 Å². The number of thioether (sulfide) groups is 1. The molecule has 1 N–H and O–H groups in total. The normalized spacial score (nSPS) is 10.5. The molecule has 1 aromatic carbocycles. The molecule has 0 unspecified atom stereocenters. The number of aromatic nitrogens is 1. The van der Waals surface area contributed by atoms with Crippen LogP contribution in [0, 0.1) is 0 Å². The summed E-state index contributed by atoms with van der Waals surface area (Å²) in [4.78, 5) is 31.0. The molecule has 1 heterocycles. The first-order chi connectivity index (χ1) is 12.9. The monoisotopic (exact) mass is 425 g/mol. The molecule has 1 aromatic heterocycles. The lowest BCUT2D eigenvalue weighted by Gasteiger charge is -2.22. The highest BCUT2D eigenvalue weighted by molar-refractivity contribution is 7.99. The van der Waals surface area contributed by atoms with Crippen LogP contribution in [0.3, 0.4) is 0 Å². The third-order valence-electron chi connectivity index (χ3n) is 3.59. The van der Waals surface area contributed by atoms with Crippen molar-refractivity contribution in [1.29, 1.82) is 0 Å². The summed E-state index contributed by atoms with van der Waals surface area (Å²) < 4.78 is 0. The van der Waals surface area contributed by atoms with Crippen molar-refractivity contribution in [2.75, 3.05) is 24.2 Å². The third kappa shape index (κ3) is 6.41. The summed E-state index contributed by atoms with van der Waals surface area (Å²) >= 11 is 13.5. The summed E-state index contributed by atoms with van der Waals surface area (Å²) in [6.45, 7) is 4.39. The van der Waals surface area contributed by atoms with Crippen LogP contribution < -0.4 is 5.32 Å². The van der Waals surface area contributed by atoms with E-state index in [4.69, 9.17) is 23.2 Å². The van der Waals surface area contributed by atoms with Crippen molar-refractivity contribution in [2.24, 2.45) is 0 Å². The first-order valence-corrected chi connectivity index (χ1v) is 10.3. The molecular weight excluding hydrogens is 405 g/mol. The van der Waals surface area contributed by atoms with E-state index in [1.54, 1.807) is 48.3 Å². The molecule has 0 aliphatic carbocycles. The summed E-state index contributed by atoms with van der Waals surface area (Å²) in [6, 6.07) is 8.25. The molecular formula is C19H21Cl2N3O2S. The number of benzene rings is 1. The second-order valence-electron chi connectivity index (χ2n) is 5.71. The first-order valence-electron chi connectivity index (χ1n) is 8.57. The Labute approximate surface area is 173 Å². The molecule has 144 valence electrons. The zero-order valence-electron chi connectivity index (χ0n) is 15.2. The summed E-state index contributed by atoms with van der Waals surface area (Å²) in [7, 11) is 0. The topological polar surface area (TPSA) is 62.3 Å². The van der Waals surface area contributed by atoms with E-state index in [-0.39, 0.29) is 18.4 Å². The molecule has 2 rings (SSSR count). The molecule has 0 spiro atoms. The fourth-order valence-electron chi connectivity index (χ4n) is 2.43. The Kier molecular flexibility index (Phi) is 8.41. The zero-order chi connectivity index (χ0) is 19.8. The van der Waals surface area contributed by atoms with Crippen molar-refractivity contribution in [2.45, 2.75) is 25.3 Å². The number of nitrogens with one attached hydrogen (secondary N) is 1. The molecule has 2 aromatic rings. The number of pyridine rings is 1. The Bertz CT molecular complexity index is 817. The highest BCUT2D eigenvalue weighted by Gasteiger charge is 2.19. The van der Waals surface area contributed by atoms with E-state index in [0.29, 0.717) is 27.8 Å². The SMILES string of the molecule is CCCN(CC(=O)Nc1ccc(Cl)cc1Cl)C(=O)c1ccnc(SCC)c1. The molecule has 8 heteroatoms. The van der Waals surface area contributed by atoms with Gasteiger partial charge in [-0.15, -0.1) is 11.8 Å². The lowest BCUT2D eigenvalue weighted by atomic mass is 10.2. The number of anilines is 1. The molecule has 2 amide bonds. The first kappa shape index (κ1) is 21.5. The van der Waals surface area contributed by atoms with E-state index in [1.807, 2.05) is 13.8 Å². The Hall–Kier alpha value is -1.76. The fourth-order valence-corrected chi connectivity index (χ4v) is 3.53. The zero-order valence-corrected chi connectivity index (χ0v) is 17.5. The fraction of sp³-hybridized carbons (Fsp3) is 0.316. The number of hydrogen-bond acceptors (Lipinski definition) is 4.